The van der Waals surface area contributed by atoms with Crippen LogP contribution >= 0.6 is 15.9 Å². The summed E-state index contributed by atoms with van der Waals surface area (Å²) < 4.78 is 27.4. The number of sulfonamides is 1. The van der Waals surface area contributed by atoms with Gasteiger partial charge in [-0.3, -0.25) is 9.52 Å². The Kier molecular flexibility index (Phi) is 4.10. The molecule has 0 spiro atoms. The molecular weight excluding hydrogens is 344 g/mol. The Balaban J connectivity index is 2.24. The number of nitrogens with two attached hydrogens (primary N) is 1. The molecule has 0 atom stereocenters. The average Bonchev–Trinajstić information content (AvgIpc) is 2.39. The number of anilines is 1. The highest BCUT2D eigenvalue weighted by atomic mass is 79.9. The Bertz CT molecular complexity index is 725. The lowest BCUT2D eigenvalue weighted by Gasteiger charge is -2.08. The lowest BCUT2D eigenvalue weighted by atomic mass is 10.2. The molecule has 2 aromatic carbocycles. The van der Waals surface area contributed by atoms with Crippen molar-refractivity contribution in [2.45, 2.75) is 4.90 Å². The summed E-state index contributed by atoms with van der Waals surface area (Å²) in [6.45, 7) is 0. The van der Waals surface area contributed by atoms with Crippen molar-refractivity contribution < 1.29 is 13.2 Å². The van der Waals surface area contributed by atoms with Gasteiger partial charge in [-0.25, -0.2) is 8.42 Å². The number of nitrogens with one attached hydrogen (secondary N) is 1. The number of hydrogen-bond donors (Lipinski definition) is 2. The number of carbonyl (C=O) groups excluding carboxylic acids is 1. The number of hydrogen-bond acceptors (Lipinski definition) is 3. The van der Waals surface area contributed by atoms with E-state index >= 15 is 0 Å². The van der Waals surface area contributed by atoms with Crippen LogP contribution in [-0.4, -0.2) is 14.3 Å². The van der Waals surface area contributed by atoms with Gasteiger partial charge in [-0.05, 0) is 48.5 Å². The fraction of sp³-hybridized carbons (Fsp3) is 0. The third kappa shape index (κ3) is 3.37. The van der Waals surface area contributed by atoms with E-state index < -0.39 is 15.9 Å². The molecule has 0 aromatic heterocycles. The highest BCUT2D eigenvalue weighted by Crippen LogP contribution is 2.18. The minimum absolute atomic E-state index is 0.152. The van der Waals surface area contributed by atoms with E-state index in [4.69, 9.17) is 5.73 Å². The van der Waals surface area contributed by atoms with Crippen molar-refractivity contribution in [3.8, 4) is 0 Å². The molecule has 2 aromatic rings. The molecule has 2 rings (SSSR count). The quantitative estimate of drug-likeness (QED) is 0.882. The zero-order chi connectivity index (χ0) is 14.8. The molecule has 0 aliphatic rings. The van der Waals surface area contributed by atoms with Gasteiger partial charge < -0.3 is 5.73 Å². The lowest BCUT2D eigenvalue weighted by molar-refractivity contribution is 0.100. The van der Waals surface area contributed by atoms with Gasteiger partial charge in [-0.1, -0.05) is 15.9 Å². The van der Waals surface area contributed by atoms with Crippen molar-refractivity contribution in [3.63, 3.8) is 0 Å². The maximum absolute atomic E-state index is 12.1. The number of benzene rings is 2. The minimum Gasteiger partial charge on any atom is -0.366 e. The molecule has 0 aliphatic carbocycles. The van der Waals surface area contributed by atoms with Crippen LogP contribution in [0.4, 0.5) is 5.69 Å². The van der Waals surface area contributed by atoms with E-state index in [0.29, 0.717) is 11.3 Å². The first-order chi connectivity index (χ1) is 9.38. The highest BCUT2D eigenvalue weighted by molar-refractivity contribution is 9.10. The van der Waals surface area contributed by atoms with Crippen LogP contribution in [0.5, 0.6) is 0 Å². The second kappa shape index (κ2) is 5.64. The second-order valence-electron chi connectivity index (χ2n) is 4.00. The van der Waals surface area contributed by atoms with E-state index in [9.17, 15) is 13.2 Å². The van der Waals surface area contributed by atoms with Crippen molar-refractivity contribution in [2.24, 2.45) is 5.73 Å². The summed E-state index contributed by atoms with van der Waals surface area (Å²) in [6, 6.07) is 12.2. The Hall–Kier alpha value is -1.86. The van der Waals surface area contributed by atoms with Gasteiger partial charge in [0, 0.05) is 15.7 Å². The van der Waals surface area contributed by atoms with Gasteiger partial charge in [0.05, 0.1) is 4.90 Å². The van der Waals surface area contributed by atoms with Crippen molar-refractivity contribution in [3.05, 3.63) is 58.6 Å². The summed E-state index contributed by atoms with van der Waals surface area (Å²) in [5, 5.41) is 0. The molecule has 0 heterocycles. The molecule has 20 heavy (non-hydrogen) atoms. The van der Waals surface area contributed by atoms with Gasteiger partial charge >= 0.3 is 0 Å². The van der Waals surface area contributed by atoms with Crippen LogP contribution in [0.15, 0.2) is 57.9 Å². The topological polar surface area (TPSA) is 89.3 Å². The van der Waals surface area contributed by atoms with Crippen LogP contribution in [0.3, 0.4) is 0 Å². The Labute approximate surface area is 125 Å². The monoisotopic (exact) mass is 354 g/mol. The molecule has 0 radical (unpaired) electrons. The fourth-order valence-corrected chi connectivity index (χ4v) is 2.85. The molecule has 0 saturated heterocycles. The molecule has 0 fully saturated rings. The Morgan fingerprint density at radius 2 is 1.55 bits per heavy atom. The first-order valence-corrected chi connectivity index (χ1v) is 7.84. The fourth-order valence-electron chi connectivity index (χ4n) is 1.53. The van der Waals surface area contributed by atoms with Crippen molar-refractivity contribution >= 4 is 37.5 Å². The summed E-state index contributed by atoms with van der Waals surface area (Å²) in [6.07, 6.45) is 0. The standard InChI is InChI=1S/C13H11BrN2O3S/c14-10-3-7-12(8-4-10)20(18,19)16-11-5-1-9(2-6-11)13(15)17/h1-8,16H,(H2,15,17). The van der Waals surface area contributed by atoms with Gasteiger partial charge in [-0.2, -0.15) is 0 Å². The zero-order valence-electron chi connectivity index (χ0n) is 10.2. The predicted molar refractivity (Wildman–Crippen MR) is 79.9 cm³/mol. The largest absolute Gasteiger partial charge is 0.366 e. The van der Waals surface area contributed by atoms with Crippen LogP contribution < -0.4 is 10.5 Å². The van der Waals surface area contributed by atoms with Crippen molar-refractivity contribution in [2.75, 3.05) is 4.72 Å². The second-order valence-corrected chi connectivity index (χ2v) is 6.60. The van der Waals surface area contributed by atoms with Gasteiger partial charge in [0.2, 0.25) is 5.91 Å². The van der Waals surface area contributed by atoms with E-state index in [0.717, 1.165) is 4.47 Å². The summed E-state index contributed by atoms with van der Waals surface area (Å²) in [5.74, 6) is -0.563. The molecule has 0 bridgehead atoms. The zero-order valence-corrected chi connectivity index (χ0v) is 12.6. The molecule has 3 N–H and O–H groups in total. The summed E-state index contributed by atoms with van der Waals surface area (Å²) in [5.41, 5.74) is 5.79. The number of halogens is 1. The first kappa shape index (κ1) is 14.5. The number of rotatable bonds is 4. The maximum atomic E-state index is 12.1. The van der Waals surface area contributed by atoms with Crippen LogP contribution in [-0.2, 0) is 10.0 Å². The van der Waals surface area contributed by atoms with Crippen LogP contribution in [0, 0.1) is 0 Å². The van der Waals surface area contributed by atoms with E-state index in [2.05, 4.69) is 20.7 Å². The molecule has 104 valence electrons. The molecular formula is C13H11BrN2O3S. The maximum Gasteiger partial charge on any atom is 0.261 e. The van der Waals surface area contributed by atoms with Crippen LogP contribution in [0.25, 0.3) is 0 Å². The Morgan fingerprint density at radius 3 is 2.05 bits per heavy atom. The summed E-state index contributed by atoms with van der Waals surface area (Å²) >= 11 is 3.24. The molecule has 7 heteroatoms. The summed E-state index contributed by atoms with van der Waals surface area (Å²) in [4.78, 5) is 11.1. The van der Waals surface area contributed by atoms with Gasteiger partial charge in [0.15, 0.2) is 0 Å². The number of primary amides is 1. The average molecular weight is 355 g/mol. The minimum atomic E-state index is -3.65. The van der Waals surface area contributed by atoms with Gasteiger partial charge in [0.25, 0.3) is 10.0 Å². The molecule has 5 nitrogen and oxygen atoms in total. The number of amides is 1. The molecule has 0 aliphatic heterocycles. The van der Waals surface area contributed by atoms with E-state index in [-0.39, 0.29) is 4.90 Å². The normalized spacial score (nSPS) is 11.1. The summed E-state index contributed by atoms with van der Waals surface area (Å²) in [7, 11) is -3.65. The van der Waals surface area contributed by atoms with Gasteiger partial charge in [-0.15, -0.1) is 0 Å². The van der Waals surface area contributed by atoms with E-state index in [1.165, 1.54) is 36.4 Å². The highest BCUT2D eigenvalue weighted by Gasteiger charge is 2.13. The molecule has 1 amide bonds. The van der Waals surface area contributed by atoms with Crippen LogP contribution in [0.1, 0.15) is 10.4 Å². The third-order valence-corrected chi connectivity index (χ3v) is 4.47. The van der Waals surface area contributed by atoms with Crippen LogP contribution in [0.2, 0.25) is 0 Å². The van der Waals surface area contributed by atoms with Crippen molar-refractivity contribution in [1.29, 1.82) is 0 Å². The SMILES string of the molecule is NC(=O)c1ccc(NS(=O)(=O)c2ccc(Br)cc2)cc1. The first-order valence-electron chi connectivity index (χ1n) is 5.57. The third-order valence-electron chi connectivity index (χ3n) is 2.55. The van der Waals surface area contributed by atoms with E-state index in [1.807, 2.05) is 0 Å². The Morgan fingerprint density at radius 1 is 1.00 bits per heavy atom. The van der Waals surface area contributed by atoms with E-state index in [1.54, 1.807) is 12.1 Å². The smallest absolute Gasteiger partial charge is 0.261 e. The van der Waals surface area contributed by atoms with Crippen molar-refractivity contribution in [1.82, 2.24) is 0 Å². The van der Waals surface area contributed by atoms with Gasteiger partial charge in [0.1, 0.15) is 0 Å². The molecule has 0 saturated carbocycles. The lowest BCUT2D eigenvalue weighted by Crippen LogP contribution is -2.14. The number of carbonyl (C=O) groups is 1. The predicted octanol–water partition coefficient (Wildman–Crippen LogP) is 2.35. The molecule has 0 unspecified atom stereocenters.